The molecule has 0 saturated carbocycles. The molecule has 146 valence electrons. The van der Waals surface area contributed by atoms with Crippen molar-refractivity contribution in [2.75, 3.05) is 0 Å². The average molecular weight is 421 g/mol. The number of para-hydroxylation sites is 1. The maximum Gasteiger partial charge on any atom is 0.266 e. The average Bonchev–Trinajstić information content (AvgIpc) is 2.69. The Kier molecular flexibility index (Phi) is 5.48. The van der Waals surface area contributed by atoms with Gasteiger partial charge in [-0.3, -0.25) is 9.36 Å². The monoisotopic (exact) mass is 420 g/mol. The minimum Gasteiger partial charge on any atom is -0.268 e. The number of thioether (sulfide) groups is 1. The van der Waals surface area contributed by atoms with Gasteiger partial charge in [0.2, 0.25) is 0 Å². The van der Waals surface area contributed by atoms with Gasteiger partial charge in [0, 0.05) is 10.3 Å². The summed E-state index contributed by atoms with van der Waals surface area (Å²) in [5.41, 5.74) is 4.72. The van der Waals surface area contributed by atoms with Gasteiger partial charge in [-0.2, -0.15) is 0 Å². The number of benzene rings is 3. The number of aromatic nitrogens is 2. The highest BCUT2D eigenvalue weighted by atomic mass is 35.5. The predicted molar refractivity (Wildman–Crippen MR) is 123 cm³/mol. The van der Waals surface area contributed by atoms with Crippen LogP contribution in [0.25, 0.3) is 16.6 Å². The highest BCUT2D eigenvalue weighted by Gasteiger charge is 2.19. The van der Waals surface area contributed by atoms with Crippen molar-refractivity contribution in [3.8, 4) is 5.69 Å². The Morgan fingerprint density at radius 3 is 2.48 bits per heavy atom. The maximum atomic E-state index is 13.5. The van der Waals surface area contributed by atoms with E-state index in [9.17, 15) is 4.79 Å². The first-order chi connectivity index (χ1) is 14.0. The molecule has 0 aliphatic rings. The summed E-state index contributed by atoms with van der Waals surface area (Å²) in [6, 6.07) is 21.4. The summed E-state index contributed by atoms with van der Waals surface area (Å²) in [7, 11) is 0. The van der Waals surface area contributed by atoms with Crippen molar-refractivity contribution in [2.45, 2.75) is 31.2 Å². The molecule has 1 atom stereocenters. The molecule has 0 spiro atoms. The molecule has 0 radical (unpaired) electrons. The molecule has 1 heterocycles. The molecule has 0 aliphatic carbocycles. The van der Waals surface area contributed by atoms with Crippen molar-refractivity contribution in [2.24, 2.45) is 0 Å². The van der Waals surface area contributed by atoms with Crippen LogP contribution in [0.15, 0.2) is 76.7 Å². The fraction of sp³-hybridized carbons (Fsp3) is 0.167. The zero-order chi connectivity index (χ0) is 20.5. The summed E-state index contributed by atoms with van der Waals surface area (Å²) in [5, 5.41) is 2.03. The summed E-state index contributed by atoms with van der Waals surface area (Å²) in [6.07, 6.45) is 0. The number of rotatable bonds is 4. The van der Waals surface area contributed by atoms with E-state index in [4.69, 9.17) is 16.6 Å². The summed E-state index contributed by atoms with van der Waals surface area (Å²) in [4.78, 5) is 18.3. The maximum absolute atomic E-state index is 13.5. The zero-order valence-electron chi connectivity index (χ0n) is 16.5. The number of fused-ring (bicyclic) bond motifs is 1. The zero-order valence-corrected chi connectivity index (χ0v) is 18.1. The lowest BCUT2D eigenvalue weighted by Crippen LogP contribution is -2.22. The van der Waals surface area contributed by atoms with Crippen molar-refractivity contribution < 1.29 is 0 Å². The largest absolute Gasteiger partial charge is 0.268 e. The molecule has 3 aromatic carbocycles. The molecular weight excluding hydrogens is 400 g/mol. The lowest BCUT2D eigenvalue weighted by atomic mass is 10.1. The van der Waals surface area contributed by atoms with Crippen LogP contribution < -0.4 is 5.56 Å². The summed E-state index contributed by atoms with van der Waals surface area (Å²) < 4.78 is 1.73. The van der Waals surface area contributed by atoms with Gasteiger partial charge in [-0.15, -0.1) is 0 Å². The van der Waals surface area contributed by atoms with Gasteiger partial charge < -0.3 is 0 Å². The molecule has 4 aromatic rings. The van der Waals surface area contributed by atoms with E-state index in [-0.39, 0.29) is 10.8 Å². The SMILES string of the molecule is Cc1ccc(-n2c(S[C@H](C)c3ccccc3Cl)nc3ccccc3c2=O)c(C)c1. The minimum atomic E-state index is -0.0589. The van der Waals surface area contributed by atoms with E-state index in [2.05, 4.69) is 13.0 Å². The lowest BCUT2D eigenvalue weighted by molar-refractivity contribution is 0.809. The van der Waals surface area contributed by atoms with Crippen LogP contribution in [0, 0.1) is 13.8 Å². The van der Waals surface area contributed by atoms with Crippen LogP contribution in [0.4, 0.5) is 0 Å². The van der Waals surface area contributed by atoms with Gasteiger partial charge in [0.05, 0.1) is 16.6 Å². The first-order valence-electron chi connectivity index (χ1n) is 9.46. The van der Waals surface area contributed by atoms with Gasteiger partial charge in [0.1, 0.15) is 0 Å². The van der Waals surface area contributed by atoms with Crippen molar-refractivity contribution in [3.63, 3.8) is 0 Å². The Morgan fingerprint density at radius 2 is 1.72 bits per heavy atom. The number of aryl methyl sites for hydroxylation is 2. The normalized spacial score (nSPS) is 12.3. The standard InChI is InChI=1S/C24H21ClN2OS/c1-15-12-13-22(16(2)14-15)27-23(28)19-9-5-7-11-21(19)26-24(27)29-17(3)18-8-4-6-10-20(18)25/h4-14,17H,1-3H3/t17-/m1/s1. The predicted octanol–water partition coefficient (Wildman–Crippen LogP) is 6.51. The second-order valence-corrected chi connectivity index (χ2v) is 8.84. The van der Waals surface area contributed by atoms with E-state index in [1.807, 2.05) is 74.5 Å². The molecule has 0 amide bonds. The van der Waals surface area contributed by atoms with Gasteiger partial charge in [0.15, 0.2) is 5.16 Å². The molecule has 1 aromatic heterocycles. The molecule has 0 aliphatic heterocycles. The van der Waals surface area contributed by atoms with Crippen molar-refractivity contribution >= 4 is 34.3 Å². The Labute approximate surface area is 179 Å². The van der Waals surface area contributed by atoms with E-state index in [1.54, 1.807) is 16.3 Å². The Bertz CT molecular complexity index is 1270. The number of hydrogen-bond acceptors (Lipinski definition) is 3. The number of hydrogen-bond donors (Lipinski definition) is 0. The van der Waals surface area contributed by atoms with E-state index < -0.39 is 0 Å². The fourth-order valence-corrected chi connectivity index (χ4v) is 4.94. The second-order valence-electron chi connectivity index (χ2n) is 7.12. The van der Waals surface area contributed by atoms with Crippen molar-refractivity contribution in [1.29, 1.82) is 0 Å². The number of halogens is 1. The fourth-order valence-electron chi connectivity index (χ4n) is 3.49. The molecule has 0 bridgehead atoms. The van der Waals surface area contributed by atoms with Crippen LogP contribution in [0.5, 0.6) is 0 Å². The van der Waals surface area contributed by atoms with Gasteiger partial charge in [0.25, 0.3) is 5.56 Å². The summed E-state index contributed by atoms with van der Waals surface area (Å²) >= 11 is 7.95. The molecular formula is C24H21ClN2OS. The summed E-state index contributed by atoms with van der Waals surface area (Å²) in [6.45, 7) is 6.16. The summed E-state index contributed by atoms with van der Waals surface area (Å²) in [5.74, 6) is 0. The van der Waals surface area contributed by atoms with Gasteiger partial charge >= 0.3 is 0 Å². The molecule has 0 unspecified atom stereocenters. The van der Waals surface area contributed by atoms with Crippen molar-refractivity contribution in [3.05, 3.63) is 98.8 Å². The van der Waals surface area contributed by atoms with Crippen LogP contribution in [0.1, 0.15) is 28.9 Å². The lowest BCUT2D eigenvalue weighted by Gasteiger charge is -2.19. The third-order valence-corrected chi connectivity index (χ3v) is 6.40. The molecule has 29 heavy (non-hydrogen) atoms. The highest BCUT2D eigenvalue weighted by molar-refractivity contribution is 7.99. The van der Waals surface area contributed by atoms with Crippen LogP contribution >= 0.6 is 23.4 Å². The molecule has 5 heteroatoms. The first kappa shape index (κ1) is 19.7. The topological polar surface area (TPSA) is 34.9 Å². The smallest absolute Gasteiger partial charge is 0.266 e. The van der Waals surface area contributed by atoms with E-state index in [0.29, 0.717) is 21.1 Å². The van der Waals surface area contributed by atoms with Gasteiger partial charge in [-0.1, -0.05) is 71.4 Å². The van der Waals surface area contributed by atoms with E-state index in [1.165, 1.54) is 0 Å². The minimum absolute atomic E-state index is 0.0359. The molecule has 0 saturated heterocycles. The molecule has 4 rings (SSSR count). The van der Waals surface area contributed by atoms with E-state index >= 15 is 0 Å². The third-order valence-electron chi connectivity index (χ3n) is 4.96. The Balaban J connectivity index is 1.92. The van der Waals surface area contributed by atoms with Crippen LogP contribution in [0.3, 0.4) is 0 Å². The first-order valence-corrected chi connectivity index (χ1v) is 10.7. The van der Waals surface area contributed by atoms with Crippen LogP contribution in [0.2, 0.25) is 5.02 Å². The number of nitrogens with zero attached hydrogens (tertiary/aromatic N) is 2. The Hall–Kier alpha value is -2.56. The van der Waals surface area contributed by atoms with Crippen molar-refractivity contribution in [1.82, 2.24) is 9.55 Å². The quantitative estimate of drug-likeness (QED) is 0.279. The third kappa shape index (κ3) is 3.83. The molecule has 3 nitrogen and oxygen atoms in total. The molecule has 0 N–H and O–H groups in total. The van der Waals surface area contributed by atoms with E-state index in [0.717, 1.165) is 22.4 Å². The van der Waals surface area contributed by atoms with Gasteiger partial charge in [-0.25, -0.2) is 4.98 Å². The molecule has 0 fully saturated rings. The Morgan fingerprint density at radius 1 is 1.00 bits per heavy atom. The van der Waals surface area contributed by atoms with Gasteiger partial charge in [-0.05, 0) is 56.2 Å². The van der Waals surface area contributed by atoms with Crippen LogP contribution in [-0.4, -0.2) is 9.55 Å². The second kappa shape index (κ2) is 8.05. The highest BCUT2D eigenvalue weighted by Crippen LogP contribution is 2.38. The van der Waals surface area contributed by atoms with Crippen LogP contribution in [-0.2, 0) is 0 Å².